The maximum absolute atomic E-state index is 12.3. The van der Waals surface area contributed by atoms with Gasteiger partial charge in [-0.1, -0.05) is 50.6 Å². The highest BCUT2D eigenvalue weighted by molar-refractivity contribution is 5.74. The molecule has 1 aromatic heterocycles. The maximum atomic E-state index is 12.3. The number of amides is 1. The summed E-state index contributed by atoms with van der Waals surface area (Å²) in [6.07, 6.45) is 0.286. The summed E-state index contributed by atoms with van der Waals surface area (Å²) in [6, 6.07) is 8.23. The van der Waals surface area contributed by atoms with E-state index < -0.39 is 11.7 Å². The first-order valence-corrected chi connectivity index (χ1v) is 10.5. The van der Waals surface area contributed by atoms with Crippen molar-refractivity contribution in [1.82, 2.24) is 10.3 Å². The quantitative estimate of drug-likeness (QED) is 0.683. The number of alkyl carbamates (subject to hydrolysis) is 1. The summed E-state index contributed by atoms with van der Waals surface area (Å²) in [5.74, 6) is 0. The number of aliphatic hydroxyl groups is 1. The molecule has 2 aromatic rings. The van der Waals surface area contributed by atoms with E-state index in [-0.39, 0.29) is 18.6 Å². The average Bonchev–Trinajstić information content (AvgIpc) is 2.58. The number of rotatable bonds is 5. The first-order valence-electron chi connectivity index (χ1n) is 10.5. The molecule has 2 N–H and O–H groups in total. The Morgan fingerprint density at radius 1 is 1.03 bits per heavy atom. The Hall–Kier alpha value is -2.40. The van der Waals surface area contributed by atoms with Crippen molar-refractivity contribution < 1.29 is 14.6 Å². The Morgan fingerprint density at radius 3 is 2.13 bits per heavy atom. The summed E-state index contributed by atoms with van der Waals surface area (Å²) >= 11 is 0. The second kappa shape index (κ2) is 9.17. The number of aromatic nitrogens is 1. The molecule has 0 saturated heterocycles. The van der Waals surface area contributed by atoms with Crippen LogP contribution < -0.4 is 5.32 Å². The molecule has 0 bridgehead atoms. The van der Waals surface area contributed by atoms with E-state index >= 15 is 0 Å². The van der Waals surface area contributed by atoms with E-state index in [2.05, 4.69) is 50.4 Å². The number of carbonyl (C=O) groups is 1. The molecule has 0 fully saturated rings. The molecule has 30 heavy (non-hydrogen) atoms. The standard InChI is InChI=1S/C25H36N2O3/c1-16-9-11-18(12-10-16)22-19(14-26-23(29)30-25(6,7)8)21(13-24(3,4)5)27-17(2)20(22)15-28/h9-12,28H,13-15H2,1-8H3,(H,26,29). The summed E-state index contributed by atoms with van der Waals surface area (Å²) in [5.41, 5.74) is 6.03. The Labute approximate surface area is 180 Å². The molecule has 0 aliphatic rings. The molecule has 1 aromatic carbocycles. The number of nitrogens with one attached hydrogen (secondary N) is 1. The number of aliphatic hydroxyl groups excluding tert-OH is 1. The number of benzene rings is 1. The summed E-state index contributed by atoms with van der Waals surface area (Å²) in [5, 5.41) is 13.0. The van der Waals surface area contributed by atoms with E-state index in [9.17, 15) is 9.90 Å². The van der Waals surface area contributed by atoms with Crippen LogP contribution in [0.4, 0.5) is 4.79 Å². The van der Waals surface area contributed by atoms with Gasteiger partial charge in [-0.3, -0.25) is 4.98 Å². The lowest BCUT2D eigenvalue weighted by atomic mass is 9.85. The predicted molar refractivity (Wildman–Crippen MR) is 121 cm³/mol. The molecule has 1 heterocycles. The number of carbonyl (C=O) groups excluding carboxylic acids is 1. The van der Waals surface area contributed by atoms with Gasteiger partial charge in [0.05, 0.1) is 6.61 Å². The summed E-state index contributed by atoms with van der Waals surface area (Å²) in [4.78, 5) is 17.2. The highest BCUT2D eigenvalue weighted by Gasteiger charge is 2.24. The van der Waals surface area contributed by atoms with Crippen molar-refractivity contribution in [3.05, 3.63) is 52.3 Å². The largest absolute Gasteiger partial charge is 0.444 e. The third-order valence-electron chi connectivity index (χ3n) is 4.70. The van der Waals surface area contributed by atoms with Gasteiger partial charge in [0.25, 0.3) is 0 Å². The zero-order valence-electron chi connectivity index (χ0n) is 19.6. The third kappa shape index (κ3) is 6.56. The minimum atomic E-state index is -0.570. The Balaban J connectivity index is 2.60. The van der Waals surface area contributed by atoms with Gasteiger partial charge < -0.3 is 15.2 Å². The first-order chi connectivity index (χ1) is 13.8. The van der Waals surface area contributed by atoms with E-state index in [1.165, 1.54) is 5.56 Å². The van der Waals surface area contributed by atoms with Crippen LogP contribution >= 0.6 is 0 Å². The molecule has 1 amide bonds. The zero-order valence-corrected chi connectivity index (χ0v) is 19.6. The van der Waals surface area contributed by atoms with E-state index in [4.69, 9.17) is 9.72 Å². The SMILES string of the molecule is Cc1ccc(-c2c(CO)c(C)nc(CC(C)(C)C)c2CNC(=O)OC(C)(C)C)cc1. The third-order valence-corrected chi connectivity index (χ3v) is 4.70. The van der Waals surface area contributed by atoms with Gasteiger partial charge in [-0.15, -0.1) is 0 Å². The minimum Gasteiger partial charge on any atom is -0.444 e. The number of aryl methyl sites for hydroxylation is 2. The number of nitrogens with zero attached hydrogens (tertiary/aromatic N) is 1. The van der Waals surface area contributed by atoms with Gasteiger partial charge in [0, 0.05) is 29.1 Å². The number of ether oxygens (including phenoxy) is 1. The highest BCUT2D eigenvalue weighted by atomic mass is 16.6. The lowest BCUT2D eigenvalue weighted by molar-refractivity contribution is 0.0523. The molecule has 2 rings (SSSR count). The van der Waals surface area contributed by atoms with E-state index in [0.717, 1.165) is 40.1 Å². The monoisotopic (exact) mass is 412 g/mol. The zero-order chi connectivity index (χ0) is 22.7. The van der Waals surface area contributed by atoms with Crippen molar-refractivity contribution in [3.8, 4) is 11.1 Å². The lowest BCUT2D eigenvalue weighted by Gasteiger charge is -2.25. The molecular formula is C25H36N2O3. The minimum absolute atomic E-state index is 0.0192. The van der Waals surface area contributed by atoms with E-state index in [1.807, 2.05) is 34.6 Å². The van der Waals surface area contributed by atoms with Crippen LogP contribution in [0.5, 0.6) is 0 Å². The van der Waals surface area contributed by atoms with Gasteiger partial charge in [0.1, 0.15) is 5.60 Å². The van der Waals surface area contributed by atoms with Crippen molar-refractivity contribution in [2.75, 3.05) is 0 Å². The highest BCUT2D eigenvalue weighted by Crippen LogP contribution is 2.34. The summed E-state index contributed by atoms with van der Waals surface area (Å²) < 4.78 is 5.42. The number of hydrogen-bond donors (Lipinski definition) is 2. The Kier molecular flexibility index (Phi) is 7.30. The number of hydrogen-bond acceptors (Lipinski definition) is 4. The van der Waals surface area contributed by atoms with Crippen LogP contribution in [0, 0.1) is 19.3 Å². The fourth-order valence-corrected chi connectivity index (χ4v) is 3.42. The molecule has 5 heteroatoms. The molecule has 0 aliphatic carbocycles. The van der Waals surface area contributed by atoms with E-state index in [1.54, 1.807) is 0 Å². The topological polar surface area (TPSA) is 71.5 Å². The predicted octanol–water partition coefficient (Wildman–Crippen LogP) is 5.47. The molecule has 0 radical (unpaired) electrons. The lowest BCUT2D eigenvalue weighted by Crippen LogP contribution is -2.33. The number of pyridine rings is 1. The molecule has 0 saturated carbocycles. The maximum Gasteiger partial charge on any atom is 0.407 e. The van der Waals surface area contributed by atoms with Crippen molar-refractivity contribution in [2.24, 2.45) is 5.41 Å². The van der Waals surface area contributed by atoms with Crippen molar-refractivity contribution in [1.29, 1.82) is 0 Å². The fraction of sp³-hybridized carbons (Fsp3) is 0.520. The van der Waals surface area contributed by atoms with Crippen LogP contribution in [0.1, 0.15) is 69.6 Å². The normalized spacial score (nSPS) is 12.0. The second-order valence-corrected chi connectivity index (χ2v) is 10.1. The van der Waals surface area contributed by atoms with Crippen molar-refractivity contribution >= 4 is 6.09 Å². The van der Waals surface area contributed by atoms with Crippen LogP contribution in [0.2, 0.25) is 0 Å². The van der Waals surface area contributed by atoms with Gasteiger partial charge in [-0.25, -0.2) is 4.79 Å². The van der Waals surface area contributed by atoms with Crippen molar-refractivity contribution in [3.63, 3.8) is 0 Å². The molecular weight excluding hydrogens is 376 g/mol. The van der Waals surface area contributed by atoms with E-state index in [0.29, 0.717) is 0 Å². The van der Waals surface area contributed by atoms with Gasteiger partial charge in [0.15, 0.2) is 0 Å². The Morgan fingerprint density at radius 2 is 1.63 bits per heavy atom. The van der Waals surface area contributed by atoms with Crippen LogP contribution in [0.15, 0.2) is 24.3 Å². The van der Waals surface area contributed by atoms with Crippen LogP contribution in [0.3, 0.4) is 0 Å². The van der Waals surface area contributed by atoms with Gasteiger partial charge in [0.2, 0.25) is 0 Å². The molecule has 0 atom stereocenters. The van der Waals surface area contributed by atoms with Gasteiger partial charge in [-0.2, -0.15) is 0 Å². The van der Waals surface area contributed by atoms with Crippen LogP contribution in [-0.2, 0) is 24.3 Å². The fourth-order valence-electron chi connectivity index (χ4n) is 3.42. The molecule has 0 aliphatic heterocycles. The van der Waals surface area contributed by atoms with Crippen LogP contribution in [-0.4, -0.2) is 21.8 Å². The van der Waals surface area contributed by atoms with Gasteiger partial charge >= 0.3 is 6.09 Å². The Bertz CT molecular complexity index is 889. The molecule has 0 unspecified atom stereocenters. The smallest absolute Gasteiger partial charge is 0.407 e. The second-order valence-electron chi connectivity index (χ2n) is 10.1. The van der Waals surface area contributed by atoms with Crippen LogP contribution in [0.25, 0.3) is 11.1 Å². The first kappa shape index (κ1) is 23.9. The van der Waals surface area contributed by atoms with Gasteiger partial charge in [-0.05, 0) is 57.6 Å². The molecule has 5 nitrogen and oxygen atoms in total. The van der Waals surface area contributed by atoms with Crippen molar-refractivity contribution in [2.45, 2.75) is 80.6 Å². The summed E-state index contributed by atoms with van der Waals surface area (Å²) in [6.45, 7) is 16.2. The average molecular weight is 413 g/mol. The summed E-state index contributed by atoms with van der Waals surface area (Å²) in [7, 11) is 0. The molecule has 0 spiro atoms. The molecule has 164 valence electrons.